The lowest BCUT2D eigenvalue weighted by atomic mass is 9.78. The molecule has 0 aromatic heterocycles. The summed E-state index contributed by atoms with van der Waals surface area (Å²) in [5, 5.41) is 0. The van der Waals surface area contributed by atoms with Crippen LogP contribution in [0.1, 0.15) is 51.3 Å². The zero-order valence-corrected chi connectivity index (χ0v) is 17.1. The molecule has 148 valence electrons. The lowest BCUT2D eigenvalue weighted by Crippen LogP contribution is -2.18. The fraction of sp³-hybridized carbons (Fsp3) is 0.200. The molecule has 0 saturated heterocycles. The predicted octanol–water partition coefficient (Wildman–Crippen LogP) is 5.33. The van der Waals surface area contributed by atoms with Crippen LogP contribution < -0.4 is 4.74 Å². The molecule has 0 heterocycles. The standard InChI is InChI=1S/C25H24O4/c1-17-5-11-20(12-6-17)25(2,3)21-13-15-22(16-14-21)29-24(27)19-9-7-18(8-10-19)23(26)28-4/h5-16H,1-4H3. The van der Waals surface area contributed by atoms with E-state index in [1.54, 1.807) is 24.3 Å². The average molecular weight is 388 g/mol. The summed E-state index contributed by atoms with van der Waals surface area (Å²) in [5.41, 5.74) is 4.15. The zero-order valence-electron chi connectivity index (χ0n) is 17.1. The molecule has 0 spiro atoms. The summed E-state index contributed by atoms with van der Waals surface area (Å²) >= 11 is 0. The molecule has 0 aliphatic heterocycles. The van der Waals surface area contributed by atoms with E-state index in [1.165, 1.54) is 30.4 Å². The highest BCUT2D eigenvalue weighted by molar-refractivity contribution is 5.94. The van der Waals surface area contributed by atoms with Gasteiger partial charge in [0.2, 0.25) is 0 Å². The van der Waals surface area contributed by atoms with Crippen LogP contribution in [0.15, 0.2) is 72.8 Å². The first-order chi connectivity index (χ1) is 13.8. The van der Waals surface area contributed by atoms with Crippen molar-refractivity contribution in [3.63, 3.8) is 0 Å². The molecule has 3 aromatic carbocycles. The Hall–Kier alpha value is -3.40. The normalized spacial score (nSPS) is 11.0. The van der Waals surface area contributed by atoms with Crippen LogP contribution in [-0.2, 0) is 10.2 Å². The van der Waals surface area contributed by atoms with Crippen LogP contribution in [0, 0.1) is 6.92 Å². The average Bonchev–Trinajstić information content (AvgIpc) is 2.74. The third-order valence-corrected chi connectivity index (χ3v) is 5.10. The van der Waals surface area contributed by atoms with Crippen molar-refractivity contribution in [2.24, 2.45) is 0 Å². The highest BCUT2D eigenvalue weighted by atomic mass is 16.5. The summed E-state index contributed by atoms with van der Waals surface area (Å²) < 4.78 is 10.1. The lowest BCUT2D eigenvalue weighted by molar-refractivity contribution is 0.0599. The Morgan fingerprint density at radius 3 is 1.62 bits per heavy atom. The minimum Gasteiger partial charge on any atom is -0.465 e. The van der Waals surface area contributed by atoms with Gasteiger partial charge in [0, 0.05) is 5.41 Å². The minimum atomic E-state index is -0.480. The van der Waals surface area contributed by atoms with Crippen molar-refractivity contribution < 1.29 is 19.1 Å². The van der Waals surface area contributed by atoms with Crippen LogP contribution in [-0.4, -0.2) is 19.0 Å². The minimum absolute atomic E-state index is 0.167. The molecule has 0 radical (unpaired) electrons. The van der Waals surface area contributed by atoms with Crippen molar-refractivity contribution in [1.82, 2.24) is 0 Å². The molecule has 0 bridgehead atoms. The van der Waals surface area contributed by atoms with E-state index < -0.39 is 11.9 Å². The van der Waals surface area contributed by atoms with E-state index in [4.69, 9.17) is 4.74 Å². The van der Waals surface area contributed by atoms with Crippen molar-refractivity contribution in [2.75, 3.05) is 7.11 Å². The number of aryl methyl sites for hydroxylation is 1. The van der Waals surface area contributed by atoms with Gasteiger partial charge >= 0.3 is 11.9 Å². The maximum atomic E-state index is 12.4. The van der Waals surface area contributed by atoms with Crippen molar-refractivity contribution >= 4 is 11.9 Å². The fourth-order valence-electron chi connectivity index (χ4n) is 3.10. The van der Waals surface area contributed by atoms with Gasteiger partial charge in [0.1, 0.15) is 5.75 Å². The number of carbonyl (C=O) groups is 2. The van der Waals surface area contributed by atoms with Crippen molar-refractivity contribution in [3.05, 3.63) is 101 Å². The Bertz CT molecular complexity index is 998. The fourth-order valence-corrected chi connectivity index (χ4v) is 3.10. The molecular weight excluding hydrogens is 364 g/mol. The molecule has 4 heteroatoms. The van der Waals surface area contributed by atoms with Gasteiger partial charge in [-0.15, -0.1) is 0 Å². The van der Waals surface area contributed by atoms with Gasteiger partial charge in [0.25, 0.3) is 0 Å². The van der Waals surface area contributed by atoms with Gasteiger partial charge in [0.15, 0.2) is 0 Å². The third-order valence-electron chi connectivity index (χ3n) is 5.10. The lowest BCUT2D eigenvalue weighted by Gasteiger charge is -2.26. The number of ether oxygens (including phenoxy) is 2. The number of hydrogen-bond acceptors (Lipinski definition) is 4. The molecule has 0 aliphatic carbocycles. The second kappa shape index (κ2) is 8.31. The Morgan fingerprint density at radius 2 is 1.14 bits per heavy atom. The van der Waals surface area contributed by atoms with E-state index in [9.17, 15) is 9.59 Å². The Balaban J connectivity index is 1.72. The summed E-state index contributed by atoms with van der Waals surface area (Å²) in [6.45, 7) is 6.41. The van der Waals surface area contributed by atoms with Crippen LogP contribution >= 0.6 is 0 Å². The van der Waals surface area contributed by atoms with Gasteiger partial charge in [-0.3, -0.25) is 0 Å². The summed E-state index contributed by atoms with van der Waals surface area (Å²) in [5.74, 6) is -0.459. The monoisotopic (exact) mass is 388 g/mol. The number of rotatable bonds is 5. The van der Waals surface area contributed by atoms with Crippen molar-refractivity contribution in [3.8, 4) is 5.75 Å². The second-order valence-electron chi connectivity index (χ2n) is 7.47. The second-order valence-corrected chi connectivity index (χ2v) is 7.47. The highest BCUT2D eigenvalue weighted by Crippen LogP contribution is 2.32. The Morgan fingerprint density at radius 1 is 0.690 bits per heavy atom. The quantitative estimate of drug-likeness (QED) is 0.438. The number of hydrogen-bond donors (Lipinski definition) is 0. The number of carbonyl (C=O) groups excluding carboxylic acids is 2. The topological polar surface area (TPSA) is 52.6 Å². The molecule has 0 fully saturated rings. The van der Waals surface area contributed by atoms with Crippen molar-refractivity contribution in [2.45, 2.75) is 26.2 Å². The number of esters is 2. The molecule has 0 N–H and O–H groups in total. The Kier molecular flexibility index (Phi) is 5.83. The molecule has 0 saturated carbocycles. The van der Waals surface area contributed by atoms with E-state index in [2.05, 4.69) is 49.8 Å². The number of benzene rings is 3. The predicted molar refractivity (Wildman–Crippen MR) is 112 cm³/mol. The van der Waals surface area contributed by atoms with E-state index in [-0.39, 0.29) is 5.41 Å². The van der Waals surface area contributed by atoms with Crippen LogP contribution in [0.5, 0.6) is 5.75 Å². The van der Waals surface area contributed by atoms with Crippen LogP contribution in [0.4, 0.5) is 0 Å². The molecule has 4 nitrogen and oxygen atoms in total. The first-order valence-corrected chi connectivity index (χ1v) is 9.39. The van der Waals surface area contributed by atoms with Gasteiger partial charge in [-0.25, -0.2) is 9.59 Å². The summed E-state index contributed by atoms with van der Waals surface area (Å²) in [4.78, 5) is 23.8. The molecule has 29 heavy (non-hydrogen) atoms. The molecule has 3 rings (SSSR count). The van der Waals surface area contributed by atoms with E-state index in [0.29, 0.717) is 16.9 Å². The van der Waals surface area contributed by atoms with Gasteiger partial charge in [-0.2, -0.15) is 0 Å². The maximum Gasteiger partial charge on any atom is 0.343 e. The first-order valence-electron chi connectivity index (χ1n) is 9.39. The largest absolute Gasteiger partial charge is 0.465 e. The van der Waals surface area contributed by atoms with Crippen LogP contribution in [0.25, 0.3) is 0 Å². The van der Waals surface area contributed by atoms with Crippen LogP contribution in [0.2, 0.25) is 0 Å². The maximum absolute atomic E-state index is 12.4. The molecule has 0 unspecified atom stereocenters. The Labute approximate surface area is 171 Å². The third kappa shape index (κ3) is 4.54. The molecule has 0 aliphatic rings. The summed E-state index contributed by atoms with van der Waals surface area (Å²) in [6.07, 6.45) is 0. The van der Waals surface area contributed by atoms with Gasteiger partial charge < -0.3 is 9.47 Å². The summed E-state index contributed by atoms with van der Waals surface area (Å²) in [6, 6.07) is 22.2. The molecule has 0 amide bonds. The van der Waals surface area contributed by atoms with Crippen molar-refractivity contribution in [1.29, 1.82) is 0 Å². The molecular formula is C25H24O4. The number of methoxy groups -OCH3 is 1. The van der Waals surface area contributed by atoms with E-state index >= 15 is 0 Å². The van der Waals surface area contributed by atoms with Gasteiger partial charge in [0.05, 0.1) is 18.2 Å². The SMILES string of the molecule is COC(=O)c1ccc(C(=O)Oc2ccc(C(C)(C)c3ccc(C)cc3)cc2)cc1. The van der Waals surface area contributed by atoms with Crippen LogP contribution in [0.3, 0.4) is 0 Å². The molecule has 0 atom stereocenters. The van der Waals surface area contributed by atoms with E-state index in [0.717, 1.165) is 5.56 Å². The summed E-state index contributed by atoms with van der Waals surface area (Å²) in [7, 11) is 1.31. The zero-order chi connectivity index (χ0) is 21.0. The highest BCUT2D eigenvalue weighted by Gasteiger charge is 2.23. The smallest absolute Gasteiger partial charge is 0.343 e. The van der Waals surface area contributed by atoms with E-state index in [1.807, 2.05) is 12.1 Å². The first kappa shape index (κ1) is 20.3. The van der Waals surface area contributed by atoms with Gasteiger partial charge in [-0.05, 0) is 54.4 Å². The van der Waals surface area contributed by atoms with Gasteiger partial charge in [-0.1, -0.05) is 55.8 Å². The molecule has 3 aromatic rings.